The van der Waals surface area contributed by atoms with Gasteiger partial charge in [0.25, 0.3) is 0 Å². The van der Waals surface area contributed by atoms with E-state index in [9.17, 15) is 19.8 Å². The molecule has 5 N–H and O–H groups in total. The molecule has 186 valence electrons. The van der Waals surface area contributed by atoms with Crippen LogP contribution in [0.1, 0.15) is 11.8 Å². The highest BCUT2D eigenvalue weighted by molar-refractivity contribution is 5.84. The van der Waals surface area contributed by atoms with Crippen LogP contribution in [0.4, 0.5) is 5.82 Å². The number of rotatable bonds is 8. The summed E-state index contributed by atoms with van der Waals surface area (Å²) in [5.74, 6) is -0.740. The van der Waals surface area contributed by atoms with Gasteiger partial charge in [-0.05, 0) is 24.1 Å². The number of benzene rings is 1. The zero-order valence-corrected chi connectivity index (χ0v) is 19.4. The molecule has 0 radical (unpaired) electrons. The minimum Gasteiger partial charge on any atom is -0.497 e. The summed E-state index contributed by atoms with van der Waals surface area (Å²) in [6.07, 6.45) is -1.16. The lowest BCUT2D eigenvalue weighted by molar-refractivity contribution is -0.152. The van der Waals surface area contributed by atoms with Crippen molar-refractivity contribution in [3.05, 3.63) is 42.5 Å². The van der Waals surface area contributed by atoms with Gasteiger partial charge in [-0.3, -0.25) is 9.36 Å². The fourth-order valence-corrected chi connectivity index (χ4v) is 4.01. The van der Waals surface area contributed by atoms with Gasteiger partial charge in [0, 0.05) is 14.1 Å². The van der Waals surface area contributed by atoms with E-state index in [4.69, 9.17) is 15.2 Å². The number of ether oxygens (including phenoxy) is 2. The van der Waals surface area contributed by atoms with E-state index in [0.717, 1.165) is 5.56 Å². The van der Waals surface area contributed by atoms with Gasteiger partial charge in [0.2, 0.25) is 5.91 Å². The Labute approximate surface area is 200 Å². The standard InChI is InChI=1S/C22H27N7O6/c1-28(2)18-15-19(25-9-24-18)29(10-26-15)21-16(30)14(17(35-21)22(32)33)27-20(31)13(23)8-11-4-6-12(34-3)7-5-11/h4-7,9-10,13-14,16-17,21,30H,8,23H2,1-3H3,(H,27,31)(H,32,33)/t13-,14-,16+,17-,21+/m0/s1. The number of fused-ring (bicyclic) bond motifs is 1. The SMILES string of the molecule is COc1ccc(C[C@H](N)C(=O)N[C@H]2[C@@H](O)[C@H](n3cnc4c(N(C)C)ncnc43)O[C@@H]2C(=O)O)cc1. The molecule has 2 aromatic heterocycles. The molecule has 0 aliphatic carbocycles. The number of nitrogens with zero attached hydrogens (tertiary/aromatic N) is 5. The number of carboxylic acid groups (broad SMARTS) is 1. The Kier molecular flexibility index (Phi) is 6.82. The minimum atomic E-state index is -1.51. The molecule has 3 heterocycles. The van der Waals surface area contributed by atoms with Crippen molar-refractivity contribution in [2.45, 2.75) is 36.9 Å². The quantitative estimate of drug-likeness (QED) is 0.317. The van der Waals surface area contributed by atoms with Gasteiger partial charge >= 0.3 is 5.97 Å². The fourth-order valence-electron chi connectivity index (χ4n) is 4.01. The number of nitrogens with two attached hydrogens (primary N) is 1. The first-order chi connectivity index (χ1) is 16.7. The number of hydrogen-bond donors (Lipinski definition) is 4. The van der Waals surface area contributed by atoms with Crippen LogP contribution in [0.15, 0.2) is 36.9 Å². The summed E-state index contributed by atoms with van der Waals surface area (Å²) in [5.41, 5.74) is 7.66. The van der Waals surface area contributed by atoms with E-state index in [-0.39, 0.29) is 6.42 Å². The molecule has 35 heavy (non-hydrogen) atoms. The number of anilines is 1. The molecule has 13 nitrogen and oxygen atoms in total. The predicted molar refractivity (Wildman–Crippen MR) is 124 cm³/mol. The van der Waals surface area contributed by atoms with Crippen molar-refractivity contribution in [1.29, 1.82) is 0 Å². The molecule has 1 saturated heterocycles. The van der Waals surface area contributed by atoms with E-state index < -0.39 is 42.4 Å². The average Bonchev–Trinajstić information content (AvgIpc) is 3.40. The number of carboxylic acids is 1. The molecule has 1 aliphatic heterocycles. The molecule has 3 aromatic rings. The molecule has 1 amide bonds. The number of carbonyl (C=O) groups excluding carboxylic acids is 1. The Morgan fingerprint density at radius 1 is 1.26 bits per heavy atom. The first-order valence-corrected chi connectivity index (χ1v) is 10.8. The molecule has 0 unspecified atom stereocenters. The van der Waals surface area contributed by atoms with Gasteiger partial charge in [0.1, 0.15) is 18.2 Å². The topological polar surface area (TPSA) is 178 Å². The van der Waals surface area contributed by atoms with Crippen LogP contribution in [0.2, 0.25) is 0 Å². The first-order valence-electron chi connectivity index (χ1n) is 10.8. The Balaban J connectivity index is 1.53. The van der Waals surface area contributed by atoms with Gasteiger partial charge in [-0.2, -0.15) is 0 Å². The zero-order valence-electron chi connectivity index (χ0n) is 19.4. The molecule has 1 aliphatic rings. The molecular formula is C22H27N7O6. The number of nitrogens with one attached hydrogen (secondary N) is 1. The second-order valence-electron chi connectivity index (χ2n) is 8.38. The van der Waals surface area contributed by atoms with Crippen molar-refractivity contribution in [2.24, 2.45) is 5.73 Å². The lowest BCUT2D eigenvalue weighted by Gasteiger charge is -2.22. The molecule has 1 aromatic carbocycles. The lowest BCUT2D eigenvalue weighted by Crippen LogP contribution is -2.54. The molecule has 13 heteroatoms. The molecule has 0 bridgehead atoms. The van der Waals surface area contributed by atoms with Gasteiger partial charge in [-0.15, -0.1) is 0 Å². The highest BCUT2D eigenvalue weighted by Gasteiger charge is 2.49. The molecule has 1 fully saturated rings. The van der Waals surface area contributed by atoms with Crippen molar-refractivity contribution >= 4 is 28.9 Å². The lowest BCUT2D eigenvalue weighted by atomic mass is 10.0. The molecular weight excluding hydrogens is 458 g/mol. The molecule has 4 rings (SSSR count). The zero-order chi connectivity index (χ0) is 25.3. The number of aromatic nitrogens is 4. The maximum Gasteiger partial charge on any atom is 0.335 e. The van der Waals surface area contributed by atoms with Crippen LogP contribution in [0.25, 0.3) is 11.2 Å². The fraction of sp³-hybridized carbons (Fsp3) is 0.409. The Morgan fingerprint density at radius 3 is 2.60 bits per heavy atom. The first kappa shape index (κ1) is 24.3. The number of aliphatic hydroxyl groups is 1. The smallest absolute Gasteiger partial charge is 0.335 e. The van der Waals surface area contributed by atoms with Crippen molar-refractivity contribution in [3.8, 4) is 5.75 Å². The maximum atomic E-state index is 12.8. The second kappa shape index (κ2) is 9.82. The number of methoxy groups -OCH3 is 1. The second-order valence-corrected chi connectivity index (χ2v) is 8.38. The van der Waals surface area contributed by atoms with E-state index in [2.05, 4.69) is 20.3 Å². The molecule has 5 atom stereocenters. The molecule has 0 saturated carbocycles. The number of aliphatic hydroxyl groups excluding tert-OH is 1. The monoisotopic (exact) mass is 485 g/mol. The van der Waals surface area contributed by atoms with Crippen LogP contribution >= 0.6 is 0 Å². The van der Waals surface area contributed by atoms with E-state index in [1.807, 2.05) is 0 Å². The van der Waals surface area contributed by atoms with Gasteiger partial charge in [0.05, 0.1) is 25.5 Å². The summed E-state index contributed by atoms with van der Waals surface area (Å²) in [6.45, 7) is 0. The van der Waals surface area contributed by atoms with E-state index in [1.165, 1.54) is 17.2 Å². The largest absolute Gasteiger partial charge is 0.497 e. The number of amides is 1. The van der Waals surface area contributed by atoms with Crippen molar-refractivity contribution in [3.63, 3.8) is 0 Å². The third-order valence-corrected chi connectivity index (χ3v) is 5.81. The van der Waals surface area contributed by atoms with Crippen LogP contribution < -0.4 is 20.7 Å². The number of hydrogen-bond acceptors (Lipinski definition) is 10. The summed E-state index contributed by atoms with van der Waals surface area (Å²) in [7, 11) is 5.14. The minimum absolute atomic E-state index is 0.205. The van der Waals surface area contributed by atoms with Gasteiger partial charge in [0.15, 0.2) is 29.3 Å². The maximum absolute atomic E-state index is 12.8. The number of aliphatic carboxylic acids is 1. The Morgan fingerprint density at radius 2 is 1.97 bits per heavy atom. The van der Waals surface area contributed by atoms with Crippen molar-refractivity contribution in [1.82, 2.24) is 24.8 Å². The highest BCUT2D eigenvalue weighted by atomic mass is 16.6. The van der Waals surface area contributed by atoms with Crippen molar-refractivity contribution in [2.75, 3.05) is 26.1 Å². The average molecular weight is 486 g/mol. The summed E-state index contributed by atoms with van der Waals surface area (Å²) < 4.78 is 12.2. The Hall–Kier alpha value is -3.81. The van der Waals surface area contributed by atoms with Crippen LogP contribution in [-0.4, -0.2) is 87.1 Å². The van der Waals surface area contributed by atoms with Crippen molar-refractivity contribution < 1.29 is 29.3 Å². The van der Waals surface area contributed by atoms with Gasteiger partial charge in [-0.1, -0.05) is 12.1 Å². The van der Waals surface area contributed by atoms with E-state index in [1.54, 1.807) is 50.4 Å². The third-order valence-electron chi connectivity index (χ3n) is 5.81. The van der Waals surface area contributed by atoms with Gasteiger partial charge < -0.3 is 35.6 Å². The predicted octanol–water partition coefficient (Wildman–Crippen LogP) is -0.701. The molecule has 0 spiro atoms. The van der Waals surface area contributed by atoms with Crippen LogP contribution in [0, 0.1) is 0 Å². The highest BCUT2D eigenvalue weighted by Crippen LogP contribution is 2.33. The normalized spacial score (nSPS) is 22.7. The van der Waals surface area contributed by atoms with E-state index >= 15 is 0 Å². The van der Waals surface area contributed by atoms with E-state index in [0.29, 0.717) is 22.7 Å². The van der Waals surface area contributed by atoms with Gasteiger partial charge in [-0.25, -0.2) is 19.7 Å². The van der Waals surface area contributed by atoms with Crippen LogP contribution in [-0.2, 0) is 20.7 Å². The summed E-state index contributed by atoms with van der Waals surface area (Å²) in [6, 6.07) is 4.83. The van der Waals surface area contributed by atoms with Crippen LogP contribution in [0.3, 0.4) is 0 Å². The third kappa shape index (κ3) is 4.73. The summed E-state index contributed by atoms with van der Waals surface area (Å²) >= 11 is 0. The van der Waals surface area contributed by atoms with Crippen LogP contribution in [0.5, 0.6) is 5.75 Å². The number of imidazole rings is 1. The summed E-state index contributed by atoms with van der Waals surface area (Å²) in [5, 5.41) is 23.2. The number of carbonyl (C=O) groups is 2. The summed E-state index contributed by atoms with van der Waals surface area (Å²) in [4.78, 5) is 39.2. The Bertz CT molecular complexity index is 1210.